The van der Waals surface area contributed by atoms with Crippen LogP contribution in [0.5, 0.6) is 0 Å². The number of piperazine rings is 1. The summed E-state index contributed by atoms with van der Waals surface area (Å²) in [6.45, 7) is 11.9. The van der Waals surface area contributed by atoms with Gasteiger partial charge in [0.15, 0.2) is 0 Å². The molecule has 0 aliphatic carbocycles. The number of nitrogens with zero attached hydrogens (tertiary/aromatic N) is 4. The predicted molar refractivity (Wildman–Crippen MR) is 85.1 cm³/mol. The Morgan fingerprint density at radius 3 is 2.35 bits per heavy atom. The number of rotatable bonds is 4. The van der Waals surface area contributed by atoms with Crippen molar-refractivity contribution in [1.29, 1.82) is 0 Å². The van der Waals surface area contributed by atoms with Gasteiger partial charge in [-0.1, -0.05) is 5.16 Å². The van der Waals surface area contributed by atoms with Gasteiger partial charge in [0.1, 0.15) is 5.76 Å². The number of aromatic nitrogens is 1. The summed E-state index contributed by atoms with van der Waals surface area (Å²) in [4.78, 5) is 18.9. The topological polar surface area (TPSA) is 62.1 Å². The summed E-state index contributed by atoms with van der Waals surface area (Å²) in [6.07, 6.45) is 0. The summed E-state index contributed by atoms with van der Waals surface area (Å²) < 4.78 is 10.5. The molecule has 1 aromatic heterocycles. The fourth-order valence-corrected chi connectivity index (χ4v) is 3.16. The third-order valence-electron chi connectivity index (χ3n) is 4.75. The van der Waals surface area contributed by atoms with Crippen LogP contribution in [0.15, 0.2) is 4.52 Å². The Morgan fingerprint density at radius 2 is 1.74 bits per heavy atom. The van der Waals surface area contributed by atoms with Crippen molar-refractivity contribution >= 4 is 5.91 Å². The molecule has 23 heavy (non-hydrogen) atoms. The third-order valence-corrected chi connectivity index (χ3v) is 4.75. The Balaban J connectivity index is 1.45. The van der Waals surface area contributed by atoms with Crippen LogP contribution in [0, 0.1) is 13.8 Å². The molecule has 7 heteroatoms. The molecule has 2 fully saturated rings. The largest absolute Gasteiger partial charge is 0.379 e. The highest BCUT2D eigenvalue weighted by Crippen LogP contribution is 2.16. The number of morpholine rings is 1. The molecule has 2 saturated heterocycles. The van der Waals surface area contributed by atoms with Crippen molar-refractivity contribution in [2.24, 2.45) is 0 Å². The van der Waals surface area contributed by atoms with E-state index in [-0.39, 0.29) is 5.91 Å². The molecule has 1 aromatic rings. The molecule has 2 aliphatic heterocycles. The molecular formula is C16H26N4O3. The lowest BCUT2D eigenvalue weighted by Crippen LogP contribution is -2.52. The van der Waals surface area contributed by atoms with Crippen LogP contribution in [-0.4, -0.2) is 84.8 Å². The minimum absolute atomic E-state index is 0.240. The fraction of sp³-hybridized carbons (Fsp3) is 0.750. The summed E-state index contributed by atoms with van der Waals surface area (Å²) in [5, 5.41) is 4.01. The van der Waals surface area contributed by atoms with Crippen LogP contribution in [0.25, 0.3) is 0 Å². The molecule has 7 nitrogen and oxygen atoms in total. The van der Waals surface area contributed by atoms with Crippen LogP contribution in [-0.2, 0) is 16.1 Å². The summed E-state index contributed by atoms with van der Waals surface area (Å²) in [5.74, 6) is 1.14. The molecule has 3 rings (SSSR count). The van der Waals surface area contributed by atoms with E-state index in [0.717, 1.165) is 70.5 Å². The SMILES string of the molecule is Cc1noc(C)c1CN1CCN(C(=O)CN2CCOCC2)CC1. The van der Waals surface area contributed by atoms with E-state index in [1.807, 2.05) is 18.7 Å². The second-order valence-corrected chi connectivity index (χ2v) is 6.35. The molecule has 0 unspecified atom stereocenters. The lowest BCUT2D eigenvalue weighted by Gasteiger charge is -2.36. The number of hydrogen-bond donors (Lipinski definition) is 0. The molecule has 0 N–H and O–H groups in total. The first-order chi connectivity index (χ1) is 11.1. The maximum Gasteiger partial charge on any atom is 0.236 e. The molecule has 0 radical (unpaired) electrons. The highest BCUT2D eigenvalue weighted by atomic mass is 16.5. The number of carbonyl (C=O) groups excluding carboxylic acids is 1. The Bertz CT molecular complexity index is 512. The van der Waals surface area contributed by atoms with Gasteiger partial charge in [0.25, 0.3) is 0 Å². The van der Waals surface area contributed by atoms with Crippen molar-refractivity contribution in [1.82, 2.24) is 19.9 Å². The lowest BCUT2D eigenvalue weighted by molar-refractivity contribution is -0.135. The van der Waals surface area contributed by atoms with Gasteiger partial charge in [-0.05, 0) is 13.8 Å². The molecule has 0 spiro atoms. The second-order valence-electron chi connectivity index (χ2n) is 6.35. The smallest absolute Gasteiger partial charge is 0.236 e. The normalized spacial score (nSPS) is 20.9. The van der Waals surface area contributed by atoms with E-state index in [1.54, 1.807) is 0 Å². The number of aryl methyl sites for hydroxylation is 2. The van der Waals surface area contributed by atoms with Crippen LogP contribution in [0.2, 0.25) is 0 Å². The van der Waals surface area contributed by atoms with Crippen molar-refractivity contribution < 1.29 is 14.1 Å². The van der Waals surface area contributed by atoms with Gasteiger partial charge in [0, 0.05) is 51.4 Å². The molecule has 0 aromatic carbocycles. The molecule has 0 atom stereocenters. The first-order valence-electron chi connectivity index (χ1n) is 8.35. The molecule has 3 heterocycles. The van der Waals surface area contributed by atoms with Crippen molar-refractivity contribution in [3.8, 4) is 0 Å². The highest BCUT2D eigenvalue weighted by Gasteiger charge is 2.24. The third kappa shape index (κ3) is 4.10. The Hall–Kier alpha value is -1.44. The van der Waals surface area contributed by atoms with Crippen LogP contribution in [0.4, 0.5) is 0 Å². The van der Waals surface area contributed by atoms with E-state index in [4.69, 9.17) is 9.26 Å². The van der Waals surface area contributed by atoms with Crippen LogP contribution < -0.4 is 0 Å². The Labute approximate surface area is 137 Å². The molecule has 128 valence electrons. The van der Waals surface area contributed by atoms with E-state index in [2.05, 4.69) is 15.0 Å². The van der Waals surface area contributed by atoms with Gasteiger partial charge in [-0.15, -0.1) is 0 Å². The van der Waals surface area contributed by atoms with E-state index in [0.29, 0.717) is 6.54 Å². The molecule has 1 amide bonds. The first kappa shape index (κ1) is 16.4. The number of ether oxygens (including phenoxy) is 1. The summed E-state index contributed by atoms with van der Waals surface area (Å²) in [7, 11) is 0. The lowest BCUT2D eigenvalue weighted by atomic mass is 10.2. The number of carbonyl (C=O) groups is 1. The maximum absolute atomic E-state index is 12.4. The molecule has 2 aliphatic rings. The summed E-state index contributed by atoms with van der Waals surface area (Å²) >= 11 is 0. The van der Waals surface area contributed by atoms with Crippen molar-refractivity contribution in [2.75, 3.05) is 59.0 Å². The van der Waals surface area contributed by atoms with Crippen molar-refractivity contribution in [2.45, 2.75) is 20.4 Å². The van der Waals surface area contributed by atoms with Crippen LogP contribution in [0.1, 0.15) is 17.0 Å². The Kier molecular flexibility index (Phi) is 5.30. The number of amides is 1. The van der Waals surface area contributed by atoms with E-state index < -0.39 is 0 Å². The van der Waals surface area contributed by atoms with E-state index >= 15 is 0 Å². The van der Waals surface area contributed by atoms with Crippen LogP contribution in [0.3, 0.4) is 0 Å². The van der Waals surface area contributed by atoms with Crippen molar-refractivity contribution in [3.63, 3.8) is 0 Å². The second kappa shape index (κ2) is 7.42. The van der Waals surface area contributed by atoms with E-state index in [1.165, 1.54) is 5.56 Å². The van der Waals surface area contributed by atoms with Crippen molar-refractivity contribution in [3.05, 3.63) is 17.0 Å². The summed E-state index contributed by atoms with van der Waals surface area (Å²) in [6, 6.07) is 0. The predicted octanol–water partition coefficient (Wildman–Crippen LogP) is 0.268. The fourth-order valence-electron chi connectivity index (χ4n) is 3.16. The Morgan fingerprint density at radius 1 is 1.04 bits per heavy atom. The first-order valence-corrected chi connectivity index (χ1v) is 8.35. The molecule has 0 saturated carbocycles. The highest BCUT2D eigenvalue weighted by molar-refractivity contribution is 5.78. The maximum atomic E-state index is 12.4. The van der Waals surface area contributed by atoms with Gasteiger partial charge < -0.3 is 14.2 Å². The average Bonchev–Trinajstić information content (AvgIpc) is 2.88. The average molecular weight is 322 g/mol. The van der Waals surface area contributed by atoms with Gasteiger partial charge in [0.05, 0.1) is 25.5 Å². The molecule has 0 bridgehead atoms. The quantitative estimate of drug-likeness (QED) is 0.793. The van der Waals surface area contributed by atoms with Crippen LogP contribution >= 0.6 is 0 Å². The summed E-state index contributed by atoms with van der Waals surface area (Å²) in [5.41, 5.74) is 2.14. The molecular weight excluding hydrogens is 296 g/mol. The minimum Gasteiger partial charge on any atom is -0.379 e. The van der Waals surface area contributed by atoms with Gasteiger partial charge in [0.2, 0.25) is 5.91 Å². The monoisotopic (exact) mass is 322 g/mol. The standard InChI is InChI=1S/C16H26N4O3/c1-13-15(14(2)23-17-13)11-18-3-5-20(6-4-18)16(21)12-19-7-9-22-10-8-19/h3-12H2,1-2H3. The zero-order valence-electron chi connectivity index (χ0n) is 14.1. The number of hydrogen-bond acceptors (Lipinski definition) is 6. The zero-order valence-corrected chi connectivity index (χ0v) is 14.1. The van der Waals surface area contributed by atoms with E-state index in [9.17, 15) is 4.79 Å². The minimum atomic E-state index is 0.240. The van der Waals surface area contributed by atoms with Gasteiger partial charge in [-0.2, -0.15) is 0 Å². The zero-order chi connectivity index (χ0) is 16.2. The van der Waals surface area contributed by atoms with Gasteiger partial charge in [-0.3, -0.25) is 14.6 Å². The van der Waals surface area contributed by atoms with Gasteiger partial charge in [-0.25, -0.2) is 0 Å². The van der Waals surface area contributed by atoms with Gasteiger partial charge >= 0.3 is 0 Å².